The van der Waals surface area contributed by atoms with Gasteiger partial charge in [0.1, 0.15) is 5.75 Å². The smallest absolute Gasteiger partial charge is 0.224 e. The molecule has 1 fully saturated rings. The average Bonchev–Trinajstić information content (AvgIpc) is 2.74. The molecule has 0 spiro atoms. The van der Waals surface area contributed by atoms with Gasteiger partial charge in [0.05, 0.1) is 7.11 Å². The Balaban J connectivity index is 1.51. The number of ether oxygens (including phenoxy) is 1. The third-order valence-electron chi connectivity index (χ3n) is 5.42. The predicted octanol–water partition coefficient (Wildman–Crippen LogP) is 3.50. The van der Waals surface area contributed by atoms with Crippen LogP contribution in [-0.2, 0) is 9.59 Å². The van der Waals surface area contributed by atoms with Crippen molar-refractivity contribution in [2.75, 3.05) is 43.5 Å². The van der Waals surface area contributed by atoms with Crippen LogP contribution in [0.5, 0.6) is 5.75 Å². The highest BCUT2D eigenvalue weighted by Crippen LogP contribution is 2.23. The van der Waals surface area contributed by atoms with Crippen LogP contribution in [0.25, 0.3) is 0 Å². The second-order valence-corrected chi connectivity index (χ2v) is 7.47. The number of methoxy groups -OCH3 is 1. The van der Waals surface area contributed by atoms with E-state index < -0.39 is 0 Å². The standard InChI is InChI=1S/C23H29N3O3/c1-17(19-4-10-22(29-3)11-5-19)16-23(28)24-20-6-8-21(9-7-20)26-14-12-25(13-15-26)18(2)27/h4-11,17H,12-16H2,1-3H3,(H,24,28). The molecule has 1 aliphatic rings. The van der Waals surface area contributed by atoms with E-state index in [0.29, 0.717) is 6.42 Å². The molecule has 1 atom stereocenters. The van der Waals surface area contributed by atoms with Crippen molar-refractivity contribution in [2.24, 2.45) is 0 Å². The SMILES string of the molecule is COc1ccc(C(C)CC(=O)Nc2ccc(N3CCN(C(C)=O)CC3)cc2)cc1. The molecule has 1 heterocycles. The van der Waals surface area contributed by atoms with Crippen molar-refractivity contribution in [3.63, 3.8) is 0 Å². The molecular weight excluding hydrogens is 366 g/mol. The molecule has 2 aromatic carbocycles. The summed E-state index contributed by atoms with van der Waals surface area (Å²) in [6, 6.07) is 15.7. The van der Waals surface area contributed by atoms with Crippen molar-refractivity contribution in [3.8, 4) is 5.75 Å². The number of benzene rings is 2. The van der Waals surface area contributed by atoms with Crippen LogP contribution in [0.15, 0.2) is 48.5 Å². The summed E-state index contributed by atoms with van der Waals surface area (Å²) in [5.74, 6) is 1.06. The van der Waals surface area contributed by atoms with Crippen LogP contribution in [0.1, 0.15) is 31.7 Å². The van der Waals surface area contributed by atoms with Crippen LogP contribution in [0.4, 0.5) is 11.4 Å². The van der Waals surface area contributed by atoms with Crippen molar-refractivity contribution < 1.29 is 14.3 Å². The highest BCUT2D eigenvalue weighted by atomic mass is 16.5. The van der Waals surface area contributed by atoms with Crippen molar-refractivity contribution in [2.45, 2.75) is 26.2 Å². The van der Waals surface area contributed by atoms with Crippen LogP contribution in [-0.4, -0.2) is 50.0 Å². The molecule has 0 bridgehead atoms. The molecule has 0 aromatic heterocycles. The fraction of sp³-hybridized carbons (Fsp3) is 0.391. The van der Waals surface area contributed by atoms with Gasteiger partial charge in [-0.3, -0.25) is 9.59 Å². The first-order valence-corrected chi connectivity index (χ1v) is 10.0. The Morgan fingerprint density at radius 2 is 1.62 bits per heavy atom. The Hall–Kier alpha value is -3.02. The summed E-state index contributed by atoms with van der Waals surface area (Å²) in [6.07, 6.45) is 0.418. The van der Waals surface area contributed by atoms with Crippen LogP contribution >= 0.6 is 0 Å². The van der Waals surface area contributed by atoms with Crippen molar-refractivity contribution in [1.29, 1.82) is 0 Å². The highest BCUT2D eigenvalue weighted by molar-refractivity contribution is 5.91. The Labute approximate surface area is 172 Å². The molecule has 6 heteroatoms. The Morgan fingerprint density at radius 3 is 2.17 bits per heavy atom. The van der Waals surface area contributed by atoms with Gasteiger partial charge in [0, 0.05) is 50.9 Å². The summed E-state index contributed by atoms with van der Waals surface area (Å²) in [5.41, 5.74) is 3.02. The normalized spacial score (nSPS) is 15.0. The number of piperazine rings is 1. The van der Waals surface area contributed by atoms with Gasteiger partial charge in [-0.25, -0.2) is 0 Å². The quantitative estimate of drug-likeness (QED) is 0.813. The van der Waals surface area contributed by atoms with Crippen molar-refractivity contribution in [1.82, 2.24) is 4.90 Å². The van der Waals surface area contributed by atoms with E-state index in [1.54, 1.807) is 14.0 Å². The molecule has 3 rings (SSSR count). The third-order valence-corrected chi connectivity index (χ3v) is 5.42. The summed E-state index contributed by atoms with van der Waals surface area (Å²) in [4.78, 5) is 28.0. The first-order chi connectivity index (χ1) is 14.0. The maximum Gasteiger partial charge on any atom is 0.224 e. The van der Waals surface area contributed by atoms with Gasteiger partial charge in [0.25, 0.3) is 0 Å². The maximum absolute atomic E-state index is 12.4. The minimum Gasteiger partial charge on any atom is -0.497 e. The summed E-state index contributed by atoms with van der Waals surface area (Å²) < 4.78 is 5.18. The number of amides is 2. The number of hydrogen-bond donors (Lipinski definition) is 1. The second-order valence-electron chi connectivity index (χ2n) is 7.47. The van der Waals surface area contributed by atoms with E-state index in [4.69, 9.17) is 4.74 Å². The molecule has 6 nitrogen and oxygen atoms in total. The number of anilines is 2. The number of nitrogens with one attached hydrogen (secondary N) is 1. The second kappa shape index (κ2) is 9.45. The van der Waals surface area contributed by atoms with Gasteiger partial charge in [0.15, 0.2) is 0 Å². The Bertz CT molecular complexity index is 825. The molecule has 0 saturated carbocycles. The lowest BCUT2D eigenvalue weighted by atomic mass is 9.97. The van der Waals surface area contributed by atoms with Gasteiger partial charge in [-0.05, 0) is 47.9 Å². The topological polar surface area (TPSA) is 61.9 Å². The van der Waals surface area contributed by atoms with E-state index in [1.165, 1.54) is 0 Å². The molecule has 0 radical (unpaired) electrons. The van der Waals surface area contributed by atoms with Gasteiger partial charge in [-0.2, -0.15) is 0 Å². The number of hydrogen-bond acceptors (Lipinski definition) is 4. The van der Waals surface area contributed by atoms with Gasteiger partial charge in [-0.1, -0.05) is 19.1 Å². The lowest BCUT2D eigenvalue weighted by Crippen LogP contribution is -2.48. The lowest BCUT2D eigenvalue weighted by molar-refractivity contribution is -0.129. The summed E-state index contributed by atoms with van der Waals surface area (Å²) in [6.45, 7) is 6.80. The molecule has 1 unspecified atom stereocenters. The number of carbonyl (C=O) groups excluding carboxylic acids is 2. The van der Waals surface area contributed by atoms with Crippen LogP contribution < -0.4 is 15.0 Å². The van der Waals surface area contributed by atoms with E-state index in [2.05, 4.69) is 10.2 Å². The fourth-order valence-electron chi connectivity index (χ4n) is 3.58. The molecule has 1 aliphatic heterocycles. The molecule has 2 amide bonds. The summed E-state index contributed by atoms with van der Waals surface area (Å²) in [7, 11) is 1.64. The first kappa shape index (κ1) is 20.7. The Kier molecular flexibility index (Phi) is 6.75. The first-order valence-electron chi connectivity index (χ1n) is 10.0. The molecule has 154 valence electrons. The average molecular weight is 396 g/mol. The lowest BCUT2D eigenvalue weighted by Gasteiger charge is -2.35. The van der Waals surface area contributed by atoms with Gasteiger partial charge in [-0.15, -0.1) is 0 Å². The third kappa shape index (κ3) is 5.50. The zero-order valence-corrected chi connectivity index (χ0v) is 17.4. The number of carbonyl (C=O) groups is 2. The number of rotatable bonds is 6. The zero-order chi connectivity index (χ0) is 20.8. The van der Waals surface area contributed by atoms with E-state index >= 15 is 0 Å². The molecule has 1 saturated heterocycles. The van der Waals surface area contributed by atoms with Gasteiger partial charge < -0.3 is 19.9 Å². The minimum atomic E-state index is -0.00357. The molecule has 2 aromatic rings. The monoisotopic (exact) mass is 395 g/mol. The summed E-state index contributed by atoms with van der Waals surface area (Å²) >= 11 is 0. The molecule has 1 N–H and O–H groups in total. The van der Waals surface area contributed by atoms with Crippen LogP contribution in [0.3, 0.4) is 0 Å². The Morgan fingerprint density at radius 1 is 1.00 bits per heavy atom. The fourth-order valence-corrected chi connectivity index (χ4v) is 3.58. The molecule has 29 heavy (non-hydrogen) atoms. The van der Waals surface area contributed by atoms with E-state index in [-0.39, 0.29) is 17.7 Å². The summed E-state index contributed by atoms with van der Waals surface area (Å²) in [5, 5.41) is 2.98. The van der Waals surface area contributed by atoms with Crippen LogP contribution in [0, 0.1) is 0 Å². The molecular formula is C23H29N3O3. The number of nitrogens with zero attached hydrogens (tertiary/aromatic N) is 2. The van der Waals surface area contributed by atoms with E-state index in [0.717, 1.165) is 48.9 Å². The largest absolute Gasteiger partial charge is 0.497 e. The van der Waals surface area contributed by atoms with Crippen LogP contribution in [0.2, 0.25) is 0 Å². The van der Waals surface area contributed by atoms with Gasteiger partial charge in [0.2, 0.25) is 11.8 Å². The maximum atomic E-state index is 12.4. The van der Waals surface area contributed by atoms with Gasteiger partial charge >= 0.3 is 0 Å². The minimum absolute atomic E-state index is 0.00357. The van der Waals surface area contributed by atoms with Crippen molar-refractivity contribution >= 4 is 23.2 Å². The zero-order valence-electron chi connectivity index (χ0n) is 17.4. The highest BCUT2D eigenvalue weighted by Gasteiger charge is 2.19. The van der Waals surface area contributed by atoms with E-state index in [9.17, 15) is 9.59 Å². The van der Waals surface area contributed by atoms with E-state index in [1.807, 2.05) is 60.4 Å². The van der Waals surface area contributed by atoms with Crippen molar-refractivity contribution in [3.05, 3.63) is 54.1 Å². The predicted molar refractivity (Wildman–Crippen MR) is 116 cm³/mol. The molecule has 0 aliphatic carbocycles.